The fourth-order valence-corrected chi connectivity index (χ4v) is 8.67. The van der Waals surface area contributed by atoms with Gasteiger partial charge in [-0.3, -0.25) is 9.52 Å². The number of hydrogen-bond donors (Lipinski definition) is 2. The van der Waals surface area contributed by atoms with E-state index >= 15 is 0 Å². The molecule has 2 fully saturated rings. The molecule has 10 heteroatoms. The lowest BCUT2D eigenvalue weighted by atomic mass is 9.66. The van der Waals surface area contributed by atoms with E-state index in [1.165, 1.54) is 56.2 Å². The van der Waals surface area contributed by atoms with Gasteiger partial charge >= 0.3 is 0 Å². The summed E-state index contributed by atoms with van der Waals surface area (Å²) in [5.74, 6) is 2.31. The number of carbonyl (C=O) groups is 1. The van der Waals surface area contributed by atoms with Crippen LogP contribution in [0.25, 0.3) is 0 Å². The van der Waals surface area contributed by atoms with Gasteiger partial charge in [0.05, 0.1) is 12.3 Å². The van der Waals surface area contributed by atoms with Crippen molar-refractivity contribution < 1.29 is 18.5 Å². The number of allylic oxidation sites excluding steroid dienone is 1. The van der Waals surface area contributed by atoms with Crippen molar-refractivity contribution in [3.63, 3.8) is 0 Å². The molecule has 8 nitrogen and oxygen atoms in total. The Labute approximate surface area is 328 Å². The molecular weight excluding hydrogens is 704 g/mol. The molecule has 1 saturated carbocycles. The first-order valence-corrected chi connectivity index (χ1v) is 21.8. The van der Waals surface area contributed by atoms with Gasteiger partial charge in [-0.15, -0.1) is 0 Å². The molecule has 296 valence electrons. The van der Waals surface area contributed by atoms with Crippen LogP contribution in [-0.2, 0) is 22.1 Å². The summed E-state index contributed by atoms with van der Waals surface area (Å²) in [6.45, 7) is 16.0. The predicted octanol–water partition coefficient (Wildman–Crippen LogP) is 8.41. The lowest BCUT2D eigenvalue weighted by Gasteiger charge is -2.45. The van der Waals surface area contributed by atoms with E-state index in [1.807, 2.05) is 32.0 Å². The van der Waals surface area contributed by atoms with Crippen LogP contribution in [0.2, 0.25) is 5.02 Å². The van der Waals surface area contributed by atoms with Crippen LogP contribution in [0.1, 0.15) is 106 Å². The van der Waals surface area contributed by atoms with E-state index in [0.29, 0.717) is 29.9 Å². The second-order valence-electron chi connectivity index (χ2n) is 15.3. The number of fused-ring (bicyclic) bond motifs is 1. The number of nitrogens with zero attached hydrogens (tertiary/aromatic N) is 2. The first-order valence-electron chi connectivity index (χ1n) is 20.2. The molecule has 2 aromatic rings. The Hall–Kier alpha value is -2.43. The highest BCUT2D eigenvalue weighted by Crippen LogP contribution is 2.44. The fourth-order valence-electron chi connectivity index (χ4n) is 7.93. The van der Waals surface area contributed by atoms with Crippen molar-refractivity contribution in [1.82, 2.24) is 14.9 Å². The first kappa shape index (κ1) is 43.3. The van der Waals surface area contributed by atoms with Crippen molar-refractivity contribution in [2.24, 2.45) is 17.8 Å². The molecule has 2 N–H and O–H groups in total. The molecule has 2 aromatic carbocycles. The lowest BCUT2D eigenvalue weighted by Crippen LogP contribution is -2.46. The molecule has 1 amide bonds. The minimum absolute atomic E-state index is 0.155. The number of carbonyl (C=O) groups excluding carboxylic acids is 1. The summed E-state index contributed by atoms with van der Waals surface area (Å²) in [4.78, 5) is 18.5. The molecule has 0 spiro atoms. The van der Waals surface area contributed by atoms with Gasteiger partial charge in [0, 0.05) is 68.7 Å². The molecule has 2 aliphatic heterocycles. The molecule has 5 rings (SSSR count). The number of hydrogen-bond acceptors (Lipinski definition) is 7. The highest BCUT2D eigenvalue weighted by Gasteiger charge is 2.39. The summed E-state index contributed by atoms with van der Waals surface area (Å²) < 4.78 is 26.1. The summed E-state index contributed by atoms with van der Waals surface area (Å²) in [7, 11) is 1.80. The number of methoxy groups -OCH3 is 1. The van der Waals surface area contributed by atoms with Crippen LogP contribution in [-0.4, -0.2) is 86.9 Å². The second-order valence-corrected chi connectivity index (χ2v) is 17.5. The molecule has 3 aliphatic rings. The van der Waals surface area contributed by atoms with Crippen LogP contribution in [0.5, 0.6) is 5.75 Å². The third-order valence-electron chi connectivity index (χ3n) is 10.9. The van der Waals surface area contributed by atoms with Gasteiger partial charge in [-0.1, -0.05) is 62.9 Å². The van der Waals surface area contributed by atoms with Crippen molar-refractivity contribution in [3.8, 4) is 5.75 Å². The van der Waals surface area contributed by atoms with Gasteiger partial charge in [0.25, 0.3) is 5.91 Å². The lowest BCUT2D eigenvalue weighted by molar-refractivity contribution is 0.0982. The van der Waals surface area contributed by atoms with Gasteiger partial charge < -0.3 is 24.6 Å². The molecule has 5 atom stereocenters. The number of amides is 1. The van der Waals surface area contributed by atoms with Crippen LogP contribution in [0.15, 0.2) is 48.6 Å². The van der Waals surface area contributed by atoms with Gasteiger partial charge in [0.2, 0.25) is 0 Å². The van der Waals surface area contributed by atoms with E-state index in [4.69, 9.17) is 16.3 Å². The third kappa shape index (κ3) is 13.1. The molecular formula is C43H67ClN4O4S. The zero-order chi connectivity index (χ0) is 38.2. The van der Waals surface area contributed by atoms with Crippen LogP contribution < -0.4 is 19.7 Å². The minimum atomic E-state index is -1.45. The van der Waals surface area contributed by atoms with E-state index in [0.717, 1.165) is 75.0 Å². The minimum Gasteiger partial charge on any atom is -0.491 e. The summed E-state index contributed by atoms with van der Waals surface area (Å²) in [6.07, 6.45) is 15.6. The zero-order valence-electron chi connectivity index (χ0n) is 33.3. The average molecular weight is 772 g/mol. The van der Waals surface area contributed by atoms with Crippen molar-refractivity contribution >= 4 is 34.2 Å². The monoisotopic (exact) mass is 770 g/mol. The molecule has 2 heterocycles. The van der Waals surface area contributed by atoms with Crippen molar-refractivity contribution in [1.29, 1.82) is 0 Å². The van der Waals surface area contributed by atoms with E-state index in [9.17, 15) is 9.00 Å². The highest BCUT2D eigenvalue weighted by atomic mass is 35.5. The Bertz CT molecular complexity index is 1460. The molecule has 0 bridgehead atoms. The Morgan fingerprint density at radius 3 is 2.58 bits per heavy atom. The first-order chi connectivity index (χ1) is 25.7. The maximum Gasteiger partial charge on any atom is 0.263 e. The molecule has 53 heavy (non-hydrogen) atoms. The Kier molecular flexibility index (Phi) is 18.7. The molecule has 0 aromatic heterocycles. The maximum atomic E-state index is 13.3. The Balaban J connectivity index is 0.00000202. The van der Waals surface area contributed by atoms with Crippen molar-refractivity contribution in [3.05, 3.63) is 70.3 Å². The smallest absolute Gasteiger partial charge is 0.263 e. The maximum absolute atomic E-state index is 13.3. The van der Waals surface area contributed by atoms with Crippen molar-refractivity contribution in [2.75, 3.05) is 71.5 Å². The molecule has 5 unspecified atom stereocenters. The van der Waals surface area contributed by atoms with E-state index in [-0.39, 0.29) is 17.1 Å². The van der Waals surface area contributed by atoms with E-state index in [1.54, 1.807) is 20.3 Å². The summed E-state index contributed by atoms with van der Waals surface area (Å²) in [6, 6.07) is 12.0. The predicted molar refractivity (Wildman–Crippen MR) is 223 cm³/mol. The standard InChI is InChI=1S/C41H61ClN4O3S.C2H6O/c1-5-7-13-33(26-45-22-11-9-8-10-20-43-21-23-45)38-17-14-34(38)27-46-28-35(37-18-16-36(42)24-31(37)12-6-2)29-49-40-19-15-32(25-39(40)46)41(47)44-50(48)30(3)4;1-3-2/h7,13,15-16,18-19,24-25,30,33-35,38,43H,5-6,8-12,14,17,20-23,26-29H2,1-4H3,(H,44,47);1-2H3/b13-7+;. The fraction of sp³-hybridized carbons (Fsp3) is 0.651. The van der Waals surface area contributed by atoms with Crippen LogP contribution in [0.4, 0.5) is 5.69 Å². The summed E-state index contributed by atoms with van der Waals surface area (Å²) in [5, 5.41) is 4.28. The number of anilines is 1. The quantitative estimate of drug-likeness (QED) is 0.198. The van der Waals surface area contributed by atoms with E-state index < -0.39 is 11.0 Å². The number of halogens is 1. The van der Waals surface area contributed by atoms with Gasteiger partial charge in [-0.2, -0.15) is 0 Å². The number of benzene rings is 2. The number of nitrogens with one attached hydrogen (secondary N) is 2. The number of aryl methyl sites for hydroxylation is 1. The van der Waals surface area contributed by atoms with Gasteiger partial charge in [0.15, 0.2) is 0 Å². The van der Waals surface area contributed by atoms with Crippen LogP contribution in [0, 0.1) is 17.8 Å². The van der Waals surface area contributed by atoms with Gasteiger partial charge in [0.1, 0.15) is 16.7 Å². The van der Waals surface area contributed by atoms with Gasteiger partial charge in [-0.25, -0.2) is 4.21 Å². The van der Waals surface area contributed by atoms with Crippen molar-refractivity contribution in [2.45, 2.75) is 96.7 Å². The zero-order valence-corrected chi connectivity index (χ0v) is 34.9. The summed E-state index contributed by atoms with van der Waals surface area (Å²) in [5.41, 5.74) is 4.05. The van der Waals surface area contributed by atoms with E-state index in [2.05, 4.69) is 62.7 Å². The molecule has 1 saturated heterocycles. The average Bonchev–Trinajstić information content (AvgIpc) is 3.31. The normalized spacial score (nSPS) is 22.4. The van der Waals surface area contributed by atoms with Crippen LogP contribution >= 0.6 is 11.6 Å². The third-order valence-corrected chi connectivity index (χ3v) is 12.4. The highest BCUT2D eigenvalue weighted by molar-refractivity contribution is 7.84. The van der Waals surface area contributed by atoms with Crippen LogP contribution in [0.3, 0.4) is 0 Å². The SMILES string of the molecule is CC/C=C/C(CN1CCCCCCNCC1)C1CCC1CN1CC(c2ccc(Cl)cc2CCC)COc2ccc(C(=O)NS(=O)C(C)C)cc21.COC. The number of rotatable bonds is 13. The molecule has 1 aliphatic carbocycles. The Morgan fingerprint density at radius 1 is 1.08 bits per heavy atom. The topological polar surface area (TPSA) is 83.1 Å². The Morgan fingerprint density at radius 2 is 1.87 bits per heavy atom. The number of ether oxygens (including phenoxy) is 2. The second kappa shape index (κ2) is 22.8. The van der Waals surface area contributed by atoms with Gasteiger partial charge in [-0.05, 0) is 125 Å². The summed E-state index contributed by atoms with van der Waals surface area (Å²) >= 11 is 6.49. The largest absolute Gasteiger partial charge is 0.491 e. The molecule has 0 radical (unpaired) electrons.